The van der Waals surface area contributed by atoms with Crippen molar-refractivity contribution in [2.24, 2.45) is 0 Å². The van der Waals surface area contributed by atoms with E-state index in [0.717, 1.165) is 33.9 Å². The molecular weight excluding hydrogens is 372 g/mol. The molecule has 0 unspecified atom stereocenters. The molecule has 0 radical (unpaired) electrons. The number of hydrogen-bond acceptors (Lipinski definition) is 3. The Morgan fingerprint density at radius 2 is 1.20 bits per heavy atom. The number of phenols is 1. The van der Waals surface area contributed by atoms with Crippen LogP contribution < -0.4 is 0 Å². The van der Waals surface area contributed by atoms with Gasteiger partial charge in [0.05, 0.1) is 11.4 Å². The van der Waals surface area contributed by atoms with Gasteiger partial charge in [0.2, 0.25) is 0 Å². The zero-order valence-corrected chi connectivity index (χ0v) is 20.1. The van der Waals surface area contributed by atoms with Gasteiger partial charge in [0.15, 0.2) is 6.17 Å². The quantitative estimate of drug-likeness (QED) is 0.604. The lowest BCUT2D eigenvalue weighted by Gasteiger charge is -2.30. The van der Waals surface area contributed by atoms with Crippen LogP contribution in [0.15, 0.2) is 24.3 Å². The third-order valence-electron chi connectivity index (χ3n) is 5.64. The molecule has 0 spiro atoms. The minimum atomic E-state index is -0.365. The Morgan fingerprint density at radius 1 is 0.733 bits per heavy atom. The molecule has 1 N–H and O–H groups in total. The summed E-state index contributed by atoms with van der Waals surface area (Å²) in [6.45, 7) is 21.1. The van der Waals surface area contributed by atoms with E-state index < -0.39 is 0 Å². The van der Waals surface area contributed by atoms with Crippen molar-refractivity contribution in [2.75, 3.05) is 0 Å². The molecule has 0 bridgehead atoms. The lowest BCUT2D eigenvalue weighted by molar-refractivity contribution is 0.371. The van der Waals surface area contributed by atoms with E-state index in [2.05, 4.69) is 65.8 Å². The Labute approximate surface area is 180 Å². The van der Waals surface area contributed by atoms with Crippen LogP contribution in [0.3, 0.4) is 0 Å². The second-order valence-electron chi connectivity index (χ2n) is 10.6. The monoisotopic (exact) mass is 408 g/mol. The second kappa shape index (κ2) is 7.29. The van der Waals surface area contributed by atoms with Crippen LogP contribution in [-0.2, 0) is 10.8 Å². The first-order valence-electron chi connectivity index (χ1n) is 10.6. The van der Waals surface area contributed by atoms with Crippen molar-refractivity contribution in [3.8, 4) is 5.75 Å². The third-order valence-corrected chi connectivity index (χ3v) is 5.64. The fourth-order valence-electron chi connectivity index (χ4n) is 4.01. The van der Waals surface area contributed by atoms with Crippen molar-refractivity contribution in [2.45, 2.75) is 86.2 Å². The van der Waals surface area contributed by atoms with Gasteiger partial charge in [-0.05, 0) is 67.9 Å². The molecule has 162 valence electrons. The Bertz CT molecular complexity index is 1030. The predicted molar refractivity (Wildman–Crippen MR) is 122 cm³/mol. The average molecular weight is 409 g/mol. The fourth-order valence-corrected chi connectivity index (χ4v) is 4.01. The van der Waals surface area contributed by atoms with E-state index in [4.69, 9.17) is 10.2 Å². The summed E-state index contributed by atoms with van der Waals surface area (Å²) < 4.78 is 3.95. The van der Waals surface area contributed by atoms with E-state index in [1.165, 1.54) is 5.56 Å². The van der Waals surface area contributed by atoms with Crippen molar-refractivity contribution >= 4 is 0 Å². The number of hydrogen-bond donors (Lipinski definition) is 1. The minimum Gasteiger partial charge on any atom is -0.507 e. The molecule has 2 heterocycles. The molecule has 0 aliphatic carbocycles. The van der Waals surface area contributed by atoms with E-state index in [1.54, 1.807) is 0 Å². The summed E-state index contributed by atoms with van der Waals surface area (Å²) >= 11 is 0. The molecule has 3 aromatic rings. The molecule has 1 aromatic carbocycles. The van der Waals surface area contributed by atoms with E-state index in [0.29, 0.717) is 5.75 Å². The van der Waals surface area contributed by atoms with Crippen molar-refractivity contribution in [3.05, 3.63) is 63.7 Å². The molecule has 0 saturated carbocycles. The van der Waals surface area contributed by atoms with Gasteiger partial charge in [-0.25, -0.2) is 9.36 Å². The topological polar surface area (TPSA) is 55.9 Å². The molecule has 0 saturated heterocycles. The SMILES string of the molecule is Cc1cc(C)n(C(c2cc(C(C)(C)C)cc(C(C)(C)C)c2O)n2nc(C)cc2C)n1. The summed E-state index contributed by atoms with van der Waals surface area (Å²) in [6, 6.07) is 8.41. The van der Waals surface area contributed by atoms with E-state index in [1.807, 2.05) is 37.1 Å². The van der Waals surface area contributed by atoms with Crippen molar-refractivity contribution in [3.63, 3.8) is 0 Å². The summed E-state index contributed by atoms with van der Waals surface area (Å²) in [5.74, 6) is 0.320. The Hall–Kier alpha value is -2.56. The van der Waals surface area contributed by atoms with Gasteiger partial charge in [-0.15, -0.1) is 0 Å². The first kappa shape index (κ1) is 22.1. The van der Waals surface area contributed by atoms with Crippen LogP contribution >= 0.6 is 0 Å². The van der Waals surface area contributed by atoms with Gasteiger partial charge in [0.1, 0.15) is 5.75 Å². The number of phenolic OH excluding ortho intramolecular Hbond substituents is 1. The van der Waals surface area contributed by atoms with Crippen LogP contribution in [0.4, 0.5) is 0 Å². The largest absolute Gasteiger partial charge is 0.507 e. The van der Waals surface area contributed by atoms with Gasteiger partial charge in [0, 0.05) is 17.0 Å². The lowest BCUT2D eigenvalue weighted by Crippen LogP contribution is -2.26. The maximum atomic E-state index is 11.5. The molecule has 5 nitrogen and oxygen atoms in total. The first-order valence-corrected chi connectivity index (χ1v) is 10.6. The molecule has 2 aromatic heterocycles. The highest BCUT2D eigenvalue weighted by Crippen LogP contribution is 2.41. The van der Waals surface area contributed by atoms with E-state index in [9.17, 15) is 5.11 Å². The van der Waals surface area contributed by atoms with Crippen LogP contribution in [0.2, 0.25) is 0 Å². The van der Waals surface area contributed by atoms with Crippen molar-refractivity contribution < 1.29 is 5.11 Å². The zero-order valence-electron chi connectivity index (χ0n) is 20.1. The molecule has 0 aliphatic heterocycles. The Morgan fingerprint density at radius 3 is 1.53 bits per heavy atom. The van der Waals surface area contributed by atoms with Gasteiger partial charge in [-0.2, -0.15) is 10.2 Å². The first-order chi connectivity index (χ1) is 13.7. The Kier molecular flexibility index (Phi) is 5.38. The molecule has 5 heteroatoms. The molecule has 0 fully saturated rings. The van der Waals surface area contributed by atoms with Gasteiger partial charge < -0.3 is 5.11 Å². The molecule has 3 rings (SSSR count). The van der Waals surface area contributed by atoms with Gasteiger partial charge in [0.25, 0.3) is 0 Å². The zero-order chi connectivity index (χ0) is 22.6. The summed E-state index contributed by atoms with van der Waals surface area (Å²) in [5.41, 5.74) is 6.65. The van der Waals surface area contributed by atoms with Gasteiger partial charge >= 0.3 is 0 Å². The van der Waals surface area contributed by atoms with Crippen LogP contribution in [-0.4, -0.2) is 24.7 Å². The highest BCUT2D eigenvalue weighted by atomic mass is 16.3. The normalized spacial score (nSPS) is 12.8. The summed E-state index contributed by atoms with van der Waals surface area (Å²) in [4.78, 5) is 0. The average Bonchev–Trinajstić information content (AvgIpc) is 3.08. The van der Waals surface area contributed by atoms with Crippen LogP contribution in [0.5, 0.6) is 5.75 Å². The summed E-state index contributed by atoms with van der Waals surface area (Å²) in [7, 11) is 0. The van der Waals surface area contributed by atoms with Crippen LogP contribution in [0.1, 0.15) is 87.2 Å². The number of benzene rings is 1. The van der Waals surface area contributed by atoms with Gasteiger partial charge in [-0.1, -0.05) is 47.6 Å². The van der Waals surface area contributed by atoms with E-state index in [-0.39, 0.29) is 17.0 Å². The number of aryl methyl sites for hydroxylation is 4. The molecule has 30 heavy (non-hydrogen) atoms. The van der Waals surface area contributed by atoms with Crippen LogP contribution in [0.25, 0.3) is 0 Å². The predicted octanol–water partition coefficient (Wildman–Crippen LogP) is 5.71. The Balaban J connectivity index is 2.41. The standard InChI is InChI=1S/C25H36N4O/c1-15-11-17(3)28(26-15)23(29-18(4)12-16(2)27-29)20-13-19(24(5,6)7)14-21(22(20)30)25(8,9)10/h11-14,23,30H,1-10H3. The maximum Gasteiger partial charge on any atom is 0.172 e. The number of nitrogens with zero attached hydrogens (tertiary/aromatic N) is 4. The van der Waals surface area contributed by atoms with Crippen molar-refractivity contribution in [1.82, 2.24) is 19.6 Å². The lowest BCUT2D eigenvalue weighted by atomic mass is 9.78. The second-order valence-corrected chi connectivity index (χ2v) is 10.6. The van der Waals surface area contributed by atoms with Crippen molar-refractivity contribution in [1.29, 1.82) is 0 Å². The molecular formula is C25H36N4O. The van der Waals surface area contributed by atoms with Gasteiger partial charge in [-0.3, -0.25) is 0 Å². The highest BCUT2D eigenvalue weighted by molar-refractivity contribution is 5.50. The summed E-state index contributed by atoms with van der Waals surface area (Å²) in [6.07, 6.45) is -0.365. The fraction of sp³-hybridized carbons (Fsp3) is 0.520. The molecule has 0 amide bonds. The molecule has 0 atom stereocenters. The number of rotatable bonds is 3. The maximum absolute atomic E-state index is 11.5. The third kappa shape index (κ3) is 4.03. The van der Waals surface area contributed by atoms with E-state index >= 15 is 0 Å². The number of aromatic hydroxyl groups is 1. The minimum absolute atomic E-state index is 0.0584. The summed E-state index contributed by atoms with van der Waals surface area (Å²) in [5, 5.41) is 21.1. The molecule has 0 aliphatic rings. The van der Waals surface area contributed by atoms with Crippen LogP contribution in [0, 0.1) is 27.7 Å². The number of aromatic nitrogens is 4. The highest BCUT2D eigenvalue weighted by Gasteiger charge is 2.31. The smallest absolute Gasteiger partial charge is 0.172 e.